The standard InChI is InChI=1S/C14H14ClN3O4/c1-21-11(9-4-2-3-5-10(9)15)8-16-13(19)14(20)17-12-6-7-22-18-12/h2-7,11H,8H2,1H3,(H,16,19)(H,17,18,20). The van der Waals surface area contributed by atoms with Gasteiger partial charge in [0.15, 0.2) is 5.82 Å². The summed E-state index contributed by atoms with van der Waals surface area (Å²) in [5.74, 6) is -1.49. The average Bonchev–Trinajstić information content (AvgIpc) is 3.02. The van der Waals surface area contributed by atoms with Crippen LogP contribution in [0.15, 0.2) is 41.1 Å². The van der Waals surface area contributed by atoms with Crippen molar-refractivity contribution < 1.29 is 18.8 Å². The molecule has 1 unspecified atom stereocenters. The van der Waals surface area contributed by atoms with Crippen LogP contribution in [0.25, 0.3) is 0 Å². The topological polar surface area (TPSA) is 93.5 Å². The number of carbonyl (C=O) groups excluding carboxylic acids is 2. The molecule has 116 valence electrons. The smallest absolute Gasteiger partial charge is 0.314 e. The number of hydrogen-bond donors (Lipinski definition) is 2. The first-order valence-electron chi connectivity index (χ1n) is 6.38. The monoisotopic (exact) mass is 323 g/mol. The predicted molar refractivity (Wildman–Crippen MR) is 79.3 cm³/mol. The summed E-state index contributed by atoms with van der Waals surface area (Å²) >= 11 is 6.08. The molecular weight excluding hydrogens is 310 g/mol. The predicted octanol–water partition coefficient (Wildman–Crippen LogP) is 1.77. The van der Waals surface area contributed by atoms with Crippen molar-refractivity contribution in [3.8, 4) is 0 Å². The van der Waals surface area contributed by atoms with Crippen LogP contribution in [0.1, 0.15) is 11.7 Å². The molecule has 0 bridgehead atoms. The Labute approximate surface area is 131 Å². The first kappa shape index (κ1) is 16.0. The number of aromatic nitrogens is 1. The summed E-state index contributed by atoms with van der Waals surface area (Å²) in [6.45, 7) is 0.102. The Hall–Kier alpha value is -2.38. The second-order valence-corrected chi connectivity index (χ2v) is 4.70. The molecule has 2 N–H and O–H groups in total. The lowest BCUT2D eigenvalue weighted by Crippen LogP contribution is -2.38. The molecule has 0 radical (unpaired) electrons. The van der Waals surface area contributed by atoms with Crippen molar-refractivity contribution in [2.75, 3.05) is 19.0 Å². The maximum Gasteiger partial charge on any atom is 0.314 e. The highest BCUT2D eigenvalue weighted by molar-refractivity contribution is 6.39. The zero-order valence-electron chi connectivity index (χ0n) is 11.7. The number of anilines is 1. The highest BCUT2D eigenvalue weighted by Crippen LogP contribution is 2.24. The van der Waals surface area contributed by atoms with Crippen LogP contribution in [0.5, 0.6) is 0 Å². The highest BCUT2D eigenvalue weighted by atomic mass is 35.5. The summed E-state index contributed by atoms with van der Waals surface area (Å²) in [5.41, 5.74) is 0.726. The Morgan fingerprint density at radius 3 is 2.73 bits per heavy atom. The van der Waals surface area contributed by atoms with Crippen molar-refractivity contribution in [2.24, 2.45) is 0 Å². The van der Waals surface area contributed by atoms with Gasteiger partial charge in [-0.05, 0) is 6.07 Å². The van der Waals surface area contributed by atoms with Gasteiger partial charge in [0.05, 0.1) is 0 Å². The van der Waals surface area contributed by atoms with Crippen LogP contribution in [0, 0.1) is 0 Å². The lowest BCUT2D eigenvalue weighted by molar-refractivity contribution is -0.136. The lowest BCUT2D eigenvalue weighted by atomic mass is 10.1. The van der Waals surface area contributed by atoms with E-state index in [-0.39, 0.29) is 12.4 Å². The first-order chi connectivity index (χ1) is 10.6. The first-order valence-corrected chi connectivity index (χ1v) is 6.76. The van der Waals surface area contributed by atoms with Crippen molar-refractivity contribution in [3.05, 3.63) is 47.2 Å². The Kier molecular flexibility index (Phi) is 5.51. The molecule has 1 atom stereocenters. The third-order valence-electron chi connectivity index (χ3n) is 2.87. The Balaban J connectivity index is 1.91. The summed E-state index contributed by atoms with van der Waals surface area (Å²) < 4.78 is 9.85. The van der Waals surface area contributed by atoms with Crippen LogP contribution in [0.4, 0.5) is 5.82 Å². The van der Waals surface area contributed by atoms with E-state index in [1.807, 2.05) is 6.07 Å². The highest BCUT2D eigenvalue weighted by Gasteiger charge is 2.19. The minimum atomic E-state index is -0.845. The molecular formula is C14H14ClN3O4. The second-order valence-electron chi connectivity index (χ2n) is 4.29. The van der Waals surface area contributed by atoms with E-state index in [0.29, 0.717) is 5.02 Å². The zero-order chi connectivity index (χ0) is 15.9. The quantitative estimate of drug-likeness (QED) is 0.818. The molecule has 22 heavy (non-hydrogen) atoms. The lowest BCUT2D eigenvalue weighted by Gasteiger charge is -2.17. The number of hydrogen-bond acceptors (Lipinski definition) is 5. The SMILES string of the molecule is COC(CNC(=O)C(=O)Nc1ccon1)c1ccccc1Cl. The molecule has 1 aromatic carbocycles. The van der Waals surface area contributed by atoms with Gasteiger partial charge in [0.2, 0.25) is 0 Å². The molecule has 2 amide bonds. The number of nitrogens with zero attached hydrogens (tertiary/aromatic N) is 1. The number of ether oxygens (including phenoxy) is 1. The van der Waals surface area contributed by atoms with Gasteiger partial charge < -0.3 is 14.6 Å². The average molecular weight is 324 g/mol. The van der Waals surface area contributed by atoms with E-state index in [9.17, 15) is 9.59 Å². The third kappa shape index (κ3) is 4.06. The zero-order valence-corrected chi connectivity index (χ0v) is 12.5. The molecule has 2 aromatic rings. The van der Waals surface area contributed by atoms with E-state index < -0.39 is 17.9 Å². The van der Waals surface area contributed by atoms with Crippen LogP contribution in [-0.4, -0.2) is 30.6 Å². The number of halogens is 1. The summed E-state index contributed by atoms with van der Waals surface area (Å²) in [6, 6.07) is 8.54. The van der Waals surface area contributed by atoms with Gasteiger partial charge in [-0.25, -0.2) is 0 Å². The fourth-order valence-corrected chi connectivity index (χ4v) is 2.03. The van der Waals surface area contributed by atoms with Gasteiger partial charge in [-0.1, -0.05) is 35.0 Å². The fraction of sp³-hybridized carbons (Fsp3) is 0.214. The van der Waals surface area contributed by atoms with E-state index in [1.54, 1.807) is 18.2 Å². The Morgan fingerprint density at radius 1 is 1.32 bits per heavy atom. The van der Waals surface area contributed by atoms with Crippen LogP contribution < -0.4 is 10.6 Å². The molecule has 7 nitrogen and oxygen atoms in total. The van der Waals surface area contributed by atoms with E-state index in [0.717, 1.165) is 5.56 Å². The molecule has 0 saturated carbocycles. The largest absolute Gasteiger partial charge is 0.375 e. The molecule has 0 saturated heterocycles. The van der Waals surface area contributed by atoms with Crippen molar-refractivity contribution >= 4 is 29.2 Å². The van der Waals surface area contributed by atoms with Gasteiger partial charge in [-0.3, -0.25) is 14.9 Å². The minimum Gasteiger partial charge on any atom is -0.375 e. The number of amides is 2. The molecule has 1 aromatic heterocycles. The van der Waals surface area contributed by atoms with Crippen molar-refractivity contribution in [2.45, 2.75) is 6.10 Å². The molecule has 0 spiro atoms. The number of methoxy groups -OCH3 is 1. The van der Waals surface area contributed by atoms with Crippen LogP contribution in [0.3, 0.4) is 0 Å². The number of rotatable bonds is 5. The molecule has 8 heteroatoms. The van der Waals surface area contributed by atoms with E-state index in [2.05, 4.69) is 20.3 Å². The maximum atomic E-state index is 11.7. The summed E-state index contributed by atoms with van der Waals surface area (Å²) in [7, 11) is 1.50. The molecule has 0 aliphatic carbocycles. The van der Waals surface area contributed by atoms with Gasteiger partial charge in [0.1, 0.15) is 12.4 Å². The van der Waals surface area contributed by atoms with Crippen molar-refractivity contribution in [1.29, 1.82) is 0 Å². The fourth-order valence-electron chi connectivity index (χ4n) is 1.77. The molecule has 0 fully saturated rings. The van der Waals surface area contributed by atoms with Gasteiger partial charge in [-0.2, -0.15) is 0 Å². The van der Waals surface area contributed by atoms with Gasteiger partial charge in [-0.15, -0.1) is 0 Å². The van der Waals surface area contributed by atoms with Crippen LogP contribution in [-0.2, 0) is 14.3 Å². The minimum absolute atomic E-state index is 0.102. The second kappa shape index (κ2) is 7.58. The molecule has 1 heterocycles. The normalized spacial score (nSPS) is 11.7. The number of carbonyl (C=O) groups is 2. The van der Waals surface area contributed by atoms with Crippen molar-refractivity contribution in [3.63, 3.8) is 0 Å². The van der Waals surface area contributed by atoms with E-state index in [1.165, 1.54) is 19.4 Å². The van der Waals surface area contributed by atoms with Gasteiger partial charge >= 0.3 is 11.8 Å². The molecule has 2 rings (SSSR count). The maximum absolute atomic E-state index is 11.7. The van der Waals surface area contributed by atoms with Crippen molar-refractivity contribution in [1.82, 2.24) is 10.5 Å². The molecule has 0 aliphatic rings. The number of nitrogens with one attached hydrogen (secondary N) is 2. The summed E-state index contributed by atoms with van der Waals surface area (Å²) in [4.78, 5) is 23.4. The third-order valence-corrected chi connectivity index (χ3v) is 3.21. The van der Waals surface area contributed by atoms with Crippen LogP contribution >= 0.6 is 11.6 Å². The molecule has 0 aliphatic heterocycles. The van der Waals surface area contributed by atoms with E-state index in [4.69, 9.17) is 16.3 Å². The Bertz CT molecular complexity index is 645. The summed E-state index contributed by atoms with van der Waals surface area (Å²) in [6.07, 6.45) is 0.823. The van der Waals surface area contributed by atoms with E-state index >= 15 is 0 Å². The Morgan fingerprint density at radius 2 is 2.09 bits per heavy atom. The summed E-state index contributed by atoms with van der Waals surface area (Å²) in [5, 5.41) is 8.77. The van der Waals surface area contributed by atoms with Gasteiger partial charge in [0, 0.05) is 30.3 Å². The van der Waals surface area contributed by atoms with Gasteiger partial charge in [0.25, 0.3) is 0 Å². The van der Waals surface area contributed by atoms with Crippen LogP contribution in [0.2, 0.25) is 5.02 Å². The number of benzene rings is 1.